The van der Waals surface area contributed by atoms with E-state index in [2.05, 4.69) is 58.2 Å². The van der Waals surface area contributed by atoms with E-state index in [0.717, 1.165) is 96.9 Å². The van der Waals surface area contributed by atoms with Crippen molar-refractivity contribution in [2.75, 3.05) is 26.3 Å². The molecule has 6 heteroatoms. The standard InChI is InChI=1S/C37H72N2O4.C13H26.C9H18.C2H6/c1-4-6-8-10-13-19-25-36(26-20-14-11-9-7-5-2)43-37(41)27-21-15-12-16-23-29-42-32-35-30-34(38)31-39(35)28-22-17-18-24-33(3)40;1-3-5-7-9-11-13-12-10-8-6-4-2;1-3-5-7-9-8-6-4-2;1-2/h34-36H,4-32,38H2,1-3H3;3H,1,4-13H2,2H3;3,5H,4,6-9H2,1-2H3;1-2H3/b;;5-3+;/t34?,35-;;;/m0.../s1. The van der Waals surface area contributed by atoms with Crippen LogP contribution in [0, 0.1) is 0 Å². The number of ketones is 1. The summed E-state index contributed by atoms with van der Waals surface area (Å²) >= 11 is 0. The highest BCUT2D eigenvalue weighted by molar-refractivity contribution is 5.75. The van der Waals surface area contributed by atoms with Crippen LogP contribution in [-0.2, 0) is 19.1 Å². The van der Waals surface area contributed by atoms with Crippen molar-refractivity contribution in [2.24, 2.45) is 5.73 Å². The van der Waals surface area contributed by atoms with Crippen LogP contribution in [0.3, 0.4) is 0 Å². The molecule has 0 aliphatic carbocycles. The SMILES string of the molecule is C/C=C/CCCCCC.C=CCCCCCCCCCCC.CC.CCCCCCCCC(CCCCCCCC)OC(=O)CCCCCCCOC[C@@H]1CC(N)CN1CCCCCC(C)=O. The second-order valence-electron chi connectivity index (χ2n) is 19.8. The van der Waals surface area contributed by atoms with E-state index in [0.29, 0.717) is 24.7 Å². The lowest BCUT2D eigenvalue weighted by molar-refractivity contribution is -0.150. The lowest BCUT2D eigenvalue weighted by atomic mass is 10.0. The first-order valence-corrected chi connectivity index (χ1v) is 29.8. The number of hydrogen-bond acceptors (Lipinski definition) is 6. The third-order valence-corrected chi connectivity index (χ3v) is 13.0. The Kier molecular flexibility index (Phi) is 63.1. The molecule has 1 heterocycles. The molecule has 1 aliphatic heterocycles. The second-order valence-corrected chi connectivity index (χ2v) is 19.8. The summed E-state index contributed by atoms with van der Waals surface area (Å²) in [7, 11) is 0. The van der Waals surface area contributed by atoms with Crippen LogP contribution in [0.15, 0.2) is 24.8 Å². The number of carbonyl (C=O) groups is 2. The predicted molar refractivity (Wildman–Crippen MR) is 298 cm³/mol. The van der Waals surface area contributed by atoms with Crippen LogP contribution in [0.4, 0.5) is 0 Å². The van der Waals surface area contributed by atoms with Gasteiger partial charge in [-0.15, -0.1) is 6.58 Å². The Balaban J connectivity index is -0.00000139. The van der Waals surface area contributed by atoms with Gasteiger partial charge in [-0.25, -0.2) is 0 Å². The van der Waals surface area contributed by atoms with E-state index in [1.165, 1.54) is 173 Å². The molecule has 0 amide bonds. The van der Waals surface area contributed by atoms with E-state index < -0.39 is 0 Å². The zero-order valence-corrected chi connectivity index (χ0v) is 46.9. The molecular formula is C61H122N2O4. The summed E-state index contributed by atoms with van der Waals surface area (Å²) in [5.41, 5.74) is 6.24. The van der Waals surface area contributed by atoms with Crippen molar-refractivity contribution < 1.29 is 19.1 Å². The van der Waals surface area contributed by atoms with E-state index in [1.54, 1.807) is 6.92 Å². The highest BCUT2D eigenvalue weighted by atomic mass is 16.5. The van der Waals surface area contributed by atoms with E-state index in [9.17, 15) is 9.59 Å². The van der Waals surface area contributed by atoms with Gasteiger partial charge in [0, 0.05) is 38.1 Å². The molecule has 1 saturated heterocycles. The topological polar surface area (TPSA) is 81.9 Å². The largest absolute Gasteiger partial charge is 0.462 e. The van der Waals surface area contributed by atoms with E-state index in [4.69, 9.17) is 15.2 Å². The molecule has 0 radical (unpaired) electrons. The number of hydrogen-bond donors (Lipinski definition) is 1. The third-order valence-electron chi connectivity index (χ3n) is 13.0. The van der Waals surface area contributed by atoms with Crippen LogP contribution < -0.4 is 5.73 Å². The molecule has 0 aromatic rings. The van der Waals surface area contributed by atoms with Crippen molar-refractivity contribution in [3.63, 3.8) is 0 Å². The Morgan fingerprint density at radius 1 is 0.597 bits per heavy atom. The fourth-order valence-corrected chi connectivity index (χ4v) is 8.83. The molecule has 0 bridgehead atoms. The Hall–Kier alpha value is -1.50. The van der Waals surface area contributed by atoms with Crippen molar-refractivity contribution in [1.82, 2.24) is 4.90 Å². The summed E-state index contributed by atoms with van der Waals surface area (Å²) in [6, 6.07) is 0.679. The van der Waals surface area contributed by atoms with Crippen molar-refractivity contribution >= 4 is 11.8 Å². The first-order valence-electron chi connectivity index (χ1n) is 29.8. The quantitative estimate of drug-likeness (QED) is 0.0372. The van der Waals surface area contributed by atoms with Crippen molar-refractivity contribution in [3.8, 4) is 0 Å². The first-order chi connectivity index (χ1) is 32.8. The van der Waals surface area contributed by atoms with Gasteiger partial charge >= 0.3 is 5.97 Å². The van der Waals surface area contributed by atoms with Crippen LogP contribution in [0.25, 0.3) is 0 Å². The summed E-state index contributed by atoms with van der Waals surface area (Å²) in [6.45, 7) is 24.1. The molecule has 2 N–H and O–H groups in total. The van der Waals surface area contributed by atoms with Gasteiger partial charge in [0.2, 0.25) is 0 Å². The van der Waals surface area contributed by atoms with Crippen LogP contribution in [0.1, 0.15) is 312 Å². The lowest BCUT2D eigenvalue weighted by Gasteiger charge is -2.24. The summed E-state index contributed by atoms with van der Waals surface area (Å²) < 4.78 is 12.0. The summed E-state index contributed by atoms with van der Waals surface area (Å²) in [4.78, 5) is 26.2. The summed E-state index contributed by atoms with van der Waals surface area (Å²) in [6.07, 6.45) is 55.7. The zero-order valence-electron chi connectivity index (χ0n) is 46.9. The minimum Gasteiger partial charge on any atom is -0.462 e. The van der Waals surface area contributed by atoms with Crippen molar-refractivity contribution in [3.05, 3.63) is 24.8 Å². The first kappa shape index (κ1) is 69.8. The Morgan fingerprint density at radius 2 is 1.03 bits per heavy atom. The van der Waals surface area contributed by atoms with Gasteiger partial charge in [0.15, 0.2) is 0 Å². The van der Waals surface area contributed by atoms with E-state index in [1.807, 2.05) is 19.9 Å². The normalized spacial score (nSPS) is 14.6. The number of Topliss-reactive ketones (excluding diaryl/α,β-unsaturated/α-hetero) is 1. The van der Waals surface area contributed by atoms with Gasteiger partial charge in [0.1, 0.15) is 11.9 Å². The number of likely N-dealkylation sites (tertiary alicyclic amines) is 1. The van der Waals surface area contributed by atoms with Gasteiger partial charge in [-0.1, -0.05) is 220 Å². The number of esters is 1. The fraction of sp³-hybridized carbons (Fsp3) is 0.902. The monoisotopic (exact) mass is 947 g/mol. The molecule has 67 heavy (non-hydrogen) atoms. The smallest absolute Gasteiger partial charge is 0.306 e. The maximum Gasteiger partial charge on any atom is 0.306 e. The minimum absolute atomic E-state index is 0.0171. The summed E-state index contributed by atoms with van der Waals surface area (Å²) in [5.74, 6) is 0.307. The summed E-state index contributed by atoms with van der Waals surface area (Å²) in [5, 5.41) is 0. The van der Waals surface area contributed by atoms with Crippen molar-refractivity contribution in [1.29, 1.82) is 0 Å². The van der Waals surface area contributed by atoms with Crippen molar-refractivity contribution in [2.45, 2.75) is 330 Å². The number of allylic oxidation sites excluding steroid dienone is 3. The van der Waals surface area contributed by atoms with Gasteiger partial charge in [0.05, 0.1) is 6.61 Å². The van der Waals surface area contributed by atoms with Gasteiger partial charge in [-0.2, -0.15) is 0 Å². The molecule has 1 unspecified atom stereocenters. The zero-order chi connectivity index (χ0) is 50.1. The Morgan fingerprint density at radius 3 is 1.54 bits per heavy atom. The highest BCUT2D eigenvalue weighted by Gasteiger charge is 2.29. The van der Waals surface area contributed by atoms with E-state index in [-0.39, 0.29) is 18.1 Å². The van der Waals surface area contributed by atoms with Gasteiger partial charge in [-0.05, 0) is 104 Å². The maximum atomic E-state index is 12.6. The average Bonchev–Trinajstić information content (AvgIpc) is 3.68. The molecule has 0 spiro atoms. The van der Waals surface area contributed by atoms with Gasteiger partial charge < -0.3 is 20.0 Å². The molecule has 1 aliphatic rings. The number of unbranched alkanes of at least 4 members (excludes halogenated alkanes) is 29. The van der Waals surface area contributed by atoms with Crippen LogP contribution >= 0.6 is 0 Å². The molecule has 6 nitrogen and oxygen atoms in total. The Labute approximate surface area is 421 Å². The molecule has 0 aromatic carbocycles. The molecule has 1 rings (SSSR count). The number of nitrogens with two attached hydrogens (primary N) is 1. The lowest BCUT2D eigenvalue weighted by Crippen LogP contribution is -2.34. The third kappa shape index (κ3) is 57.0. The molecule has 0 saturated carbocycles. The Bertz CT molecular complexity index is 985. The predicted octanol–water partition coefficient (Wildman–Crippen LogP) is 19.0. The van der Waals surface area contributed by atoms with Crippen LogP contribution in [-0.4, -0.2) is 61.1 Å². The van der Waals surface area contributed by atoms with E-state index >= 15 is 0 Å². The molecule has 0 aromatic heterocycles. The number of carbonyl (C=O) groups excluding carboxylic acids is 2. The number of nitrogens with zero attached hydrogens (tertiary/aromatic N) is 1. The molecule has 400 valence electrons. The van der Waals surface area contributed by atoms with Crippen LogP contribution in [0.2, 0.25) is 0 Å². The number of rotatable bonds is 46. The van der Waals surface area contributed by atoms with Crippen LogP contribution in [0.5, 0.6) is 0 Å². The fourth-order valence-electron chi connectivity index (χ4n) is 8.83. The molecular weight excluding hydrogens is 825 g/mol. The minimum atomic E-state index is 0.0171. The highest BCUT2D eigenvalue weighted by Crippen LogP contribution is 2.20. The number of ether oxygens (including phenoxy) is 2. The molecule has 2 atom stereocenters. The van der Waals surface area contributed by atoms with Gasteiger partial charge in [0.25, 0.3) is 0 Å². The second kappa shape index (κ2) is 60.6. The maximum absolute atomic E-state index is 12.6. The molecule has 1 fully saturated rings. The average molecular weight is 948 g/mol. The van der Waals surface area contributed by atoms with Gasteiger partial charge in [-0.3, -0.25) is 9.69 Å².